The van der Waals surface area contributed by atoms with Gasteiger partial charge in [-0.05, 0) is 81.9 Å². The molecule has 0 spiro atoms. The molecule has 1 saturated heterocycles. The zero-order valence-corrected chi connectivity index (χ0v) is 25.4. The fourth-order valence-corrected chi connectivity index (χ4v) is 7.73. The molecular weight excluding hydrogens is 645 g/mol. The van der Waals surface area contributed by atoms with Crippen LogP contribution in [-0.2, 0) is 10.2 Å². The number of likely N-dealkylation sites (tertiary alicyclic amines) is 1. The number of carboxylic acid groups (broad SMARTS) is 1. The lowest BCUT2D eigenvalue weighted by atomic mass is 9.68. The van der Waals surface area contributed by atoms with E-state index in [1.54, 1.807) is 4.90 Å². The molecule has 1 N–H and O–H groups in total. The molecule has 0 amide bonds. The van der Waals surface area contributed by atoms with Gasteiger partial charge < -0.3 is 5.11 Å². The van der Waals surface area contributed by atoms with Gasteiger partial charge in [0.1, 0.15) is 11.2 Å². The van der Waals surface area contributed by atoms with Crippen LogP contribution in [0, 0.1) is 29.5 Å². The molecule has 0 bridgehead atoms. The van der Waals surface area contributed by atoms with Gasteiger partial charge in [0, 0.05) is 18.6 Å². The van der Waals surface area contributed by atoms with Crippen molar-refractivity contribution in [2.24, 2.45) is 23.7 Å². The summed E-state index contributed by atoms with van der Waals surface area (Å²) in [6, 6.07) is 4.52. The summed E-state index contributed by atoms with van der Waals surface area (Å²) in [6.07, 6.45) is -2.64. The molecule has 1 heterocycles. The van der Waals surface area contributed by atoms with Gasteiger partial charge in [0.2, 0.25) is 0 Å². The van der Waals surface area contributed by atoms with Crippen molar-refractivity contribution in [1.29, 1.82) is 0 Å². The average molecular weight is 674 g/mol. The number of carbonyl (C=O) groups is 1. The normalized spacial score (nSPS) is 30.2. The Hall–Kier alpha value is -1.06. The van der Waals surface area contributed by atoms with Crippen LogP contribution >= 0.6 is 50.7 Å². The van der Waals surface area contributed by atoms with E-state index >= 15 is 13.2 Å². The lowest BCUT2D eigenvalue weighted by Gasteiger charge is -2.45. The molecule has 0 radical (unpaired) electrons. The summed E-state index contributed by atoms with van der Waals surface area (Å²) in [5.41, 5.74) is -2.95. The highest BCUT2D eigenvalue weighted by Gasteiger charge is 2.71. The fraction of sp³-hybridized carbons (Fsp3) is 0.536. The Balaban J connectivity index is 2.04. The summed E-state index contributed by atoms with van der Waals surface area (Å²) < 4.78 is 60.8. The Morgan fingerprint density at radius 2 is 1.74 bits per heavy atom. The van der Waals surface area contributed by atoms with Crippen LogP contribution in [0.3, 0.4) is 0 Å². The highest BCUT2D eigenvalue weighted by molar-refractivity contribution is 9.10. The second kappa shape index (κ2) is 11.3. The highest BCUT2D eigenvalue weighted by Crippen LogP contribution is 2.60. The smallest absolute Gasteiger partial charge is 0.400 e. The van der Waals surface area contributed by atoms with Crippen LogP contribution in [0.1, 0.15) is 57.2 Å². The molecule has 2 aromatic rings. The van der Waals surface area contributed by atoms with Crippen molar-refractivity contribution < 1.29 is 27.5 Å². The standard InChI is InChI=1S/C28H29BrCl3F4NO2/c1-13(2)17-6-4-14(3)8-22(17)37-12-27(28(34,35)36,16-10-19(30)24(32)20(31)11-16)23(26(38)39)25(37)15-5-7-21(33)18(29)9-15/h5,7,9-11,13-14,17,22-23,25H,4,6,8,12H2,1-3H3,(H,38,39)/t14-,17+,22-,23?,25?,27?/m0/s1. The Kier molecular flexibility index (Phi) is 8.96. The average Bonchev–Trinajstić information content (AvgIpc) is 3.21. The van der Waals surface area contributed by atoms with E-state index < -0.39 is 41.9 Å². The van der Waals surface area contributed by atoms with Crippen molar-refractivity contribution in [2.45, 2.75) is 63.7 Å². The third-order valence-electron chi connectivity index (χ3n) is 8.61. The first-order chi connectivity index (χ1) is 18.1. The number of hydrogen-bond donors (Lipinski definition) is 1. The van der Waals surface area contributed by atoms with Gasteiger partial charge in [-0.1, -0.05) is 68.1 Å². The topological polar surface area (TPSA) is 40.5 Å². The van der Waals surface area contributed by atoms with E-state index in [2.05, 4.69) is 22.9 Å². The number of aliphatic carboxylic acids is 1. The van der Waals surface area contributed by atoms with Crippen molar-refractivity contribution in [3.8, 4) is 0 Å². The van der Waals surface area contributed by atoms with Crippen molar-refractivity contribution in [2.75, 3.05) is 6.54 Å². The van der Waals surface area contributed by atoms with E-state index in [1.165, 1.54) is 12.1 Å². The van der Waals surface area contributed by atoms with Crippen LogP contribution in [0.2, 0.25) is 15.1 Å². The van der Waals surface area contributed by atoms with E-state index in [-0.39, 0.29) is 54.5 Å². The van der Waals surface area contributed by atoms with E-state index in [0.29, 0.717) is 6.42 Å². The maximum absolute atomic E-state index is 15.5. The summed E-state index contributed by atoms with van der Waals surface area (Å²) >= 11 is 21.6. The first-order valence-electron chi connectivity index (χ1n) is 12.7. The number of nitrogens with zero attached hydrogens (tertiary/aromatic N) is 1. The predicted octanol–water partition coefficient (Wildman–Crippen LogP) is 9.57. The van der Waals surface area contributed by atoms with E-state index in [9.17, 15) is 14.3 Å². The Bertz CT molecular complexity index is 1240. The molecule has 6 atom stereocenters. The summed E-state index contributed by atoms with van der Waals surface area (Å²) in [6.45, 7) is 5.52. The molecule has 2 aliphatic rings. The van der Waals surface area contributed by atoms with Gasteiger partial charge in [-0.25, -0.2) is 4.39 Å². The Morgan fingerprint density at radius 3 is 2.26 bits per heavy atom. The minimum absolute atomic E-state index is 0.0449. The first kappa shape index (κ1) is 30.9. The Labute approximate surface area is 248 Å². The number of halogens is 8. The quantitative estimate of drug-likeness (QED) is 0.254. The Morgan fingerprint density at radius 1 is 1.13 bits per heavy atom. The van der Waals surface area contributed by atoms with Crippen molar-refractivity contribution >= 4 is 56.7 Å². The summed E-state index contributed by atoms with van der Waals surface area (Å²) in [4.78, 5) is 14.7. The number of carboxylic acids is 1. The maximum atomic E-state index is 15.5. The first-order valence-corrected chi connectivity index (χ1v) is 14.7. The van der Waals surface area contributed by atoms with Gasteiger partial charge >= 0.3 is 12.1 Å². The van der Waals surface area contributed by atoms with E-state index in [4.69, 9.17) is 34.8 Å². The zero-order chi connectivity index (χ0) is 29.0. The van der Waals surface area contributed by atoms with Gasteiger partial charge in [0.25, 0.3) is 0 Å². The predicted molar refractivity (Wildman–Crippen MR) is 149 cm³/mol. The molecular formula is C28H29BrCl3F4NO2. The molecule has 1 aliphatic heterocycles. The number of alkyl halides is 3. The van der Waals surface area contributed by atoms with Crippen molar-refractivity contribution in [3.05, 3.63) is 66.8 Å². The highest BCUT2D eigenvalue weighted by atomic mass is 79.9. The molecule has 4 rings (SSSR count). The number of benzene rings is 2. The molecule has 3 nitrogen and oxygen atoms in total. The number of hydrogen-bond acceptors (Lipinski definition) is 2. The zero-order valence-electron chi connectivity index (χ0n) is 21.5. The minimum atomic E-state index is -5.01. The van der Waals surface area contributed by atoms with Crippen LogP contribution in [0.15, 0.2) is 34.8 Å². The second-order valence-corrected chi connectivity index (χ2v) is 13.3. The van der Waals surface area contributed by atoms with Crippen LogP contribution in [0.4, 0.5) is 17.6 Å². The summed E-state index contributed by atoms with van der Waals surface area (Å²) in [7, 11) is 0. The van der Waals surface area contributed by atoms with Crippen LogP contribution in [-0.4, -0.2) is 34.7 Å². The molecule has 1 aliphatic carbocycles. The largest absolute Gasteiger partial charge is 0.481 e. The number of rotatable bonds is 5. The molecule has 11 heteroatoms. The van der Waals surface area contributed by atoms with Gasteiger partial charge in [-0.15, -0.1) is 0 Å². The van der Waals surface area contributed by atoms with Crippen LogP contribution in [0.5, 0.6) is 0 Å². The molecule has 214 valence electrons. The van der Waals surface area contributed by atoms with Crippen LogP contribution < -0.4 is 0 Å². The van der Waals surface area contributed by atoms with Crippen LogP contribution in [0.25, 0.3) is 0 Å². The molecule has 2 aromatic carbocycles. The van der Waals surface area contributed by atoms with Gasteiger partial charge in [0.15, 0.2) is 0 Å². The molecule has 1 saturated carbocycles. The lowest BCUT2D eigenvalue weighted by molar-refractivity contribution is -0.204. The monoisotopic (exact) mass is 671 g/mol. The molecule has 3 unspecified atom stereocenters. The van der Waals surface area contributed by atoms with Gasteiger partial charge in [0.05, 0.1) is 25.5 Å². The maximum Gasteiger partial charge on any atom is 0.400 e. The molecule has 2 fully saturated rings. The fourth-order valence-electron chi connectivity index (χ4n) is 6.74. The van der Waals surface area contributed by atoms with E-state index in [1.807, 2.05) is 13.8 Å². The third kappa shape index (κ3) is 5.45. The lowest BCUT2D eigenvalue weighted by Crippen LogP contribution is -2.52. The minimum Gasteiger partial charge on any atom is -0.481 e. The third-order valence-corrected chi connectivity index (χ3v) is 10.4. The summed E-state index contributed by atoms with van der Waals surface area (Å²) in [5, 5.41) is 10.1. The van der Waals surface area contributed by atoms with Crippen molar-refractivity contribution in [3.63, 3.8) is 0 Å². The molecule has 0 aromatic heterocycles. The van der Waals surface area contributed by atoms with Gasteiger partial charge in [-0.2, -0.15) is 13.2 Å². The summed E-state index contributed by atoms with van der Waals surface area (Å²) in [5.74, 6) is -3.75. The SMILES string of the molecule is CC(C)[C@H]1CC[C@H](C)C[C@@H]1N1CC(c2cc(Cl)c(Cl)c(Cl)c2)(C(F)(F)F)C(C(=O)O)C1c1ccc(F)c(Br)c1. The second-order valence-electron chi connectivity index (χ2n) is 11.2. The molecule has 39 heavy (non-hydrogen) atoms. The van der Waals surface area contributed by atoms with E-state index in [0.717, 1.165) is 31.0 Å². The van der Waals surface area contributed by atoms with Gasteiger partial charge in [-0.3, -0.25) is 9.69 Å². The van der Waals surface area contributed by atoms with Crippen molar-refractivity contribution in [1.82, 2.24) is 4.90 Å².